The van der Waals surface area contributed by atoms with Crippen molar-refractivity contribution in [3.63, 3.8) is 0 Å². The van der Waals surface area contributed by atoms with Gasteiger partial charge in [-0.3, -0.25) is 14.1 Å². The quantitative estimate of drug-likeness (QED) is 0.440. The van der Waals surface area contributed by atoms with Gasteiger partial charge in [-0.25, -0.2) is 0 Å². The summed E-state index contributed by atoms with van der Waals surface area (Å²) in [7, 11) is -8.61. The molecule has 0 aliphatic heterocycles. The SMILES string of the molecule is CCOP(=O)(OCC)C(Cc1ccccn1)S(=O)(=O)O.[Li]. The van der Waals surface area contributed by atoms with Crippen molar-refractivity contribution in [3.8, 4) is 0 Å². The minimum absolute atomic E-state index is 0. The largest absolute Gasteiger partial charge is 0.351 e. The third-order valence-electron chi connectivity index (χ3n) is 2.42. The van der Waals surface area contributed by atoms with Gasteiger partial charge in [0.05, 0.1) is 13.2 Å². The molecule has 10 heteroatoms. The molecule has 0 aliphatic rings. The van der Waals surface area contributed by atoms with Gasteiger partial charge in [0.25, 0.3) is 10.1 Å². The summed E-state index contributed by atoms with van der Waals surface area (Å²) < 4.78 is 54.9. The summed E-state index contributed by atoms with van der Waals surface area (Å²) in [5.74, 6) is 0. The van der Waals surface area contributed by atoms with E-state index in [0.29, 0.717) is 5.69 Å². The van der Waals surface area contributed by atoms with Gasteiger partial charge >= 0.3 is 7.60 Å². The van der Waals surface area contributed by atoms with Crippen LogP contribution in [0.5, 0.6) is 0 Å². The third kappa shape index (κ3) is 6.21. The van der Waals surface area contributed by atoms with E-state index in [1.807, 2.05) is 0 Å². The Hall–Kier alpha value is -0.193. The average Bonchev–Trinajstić information content (AvgIpc) is 2.36. The van der Waals surface area contributed by atoms with E-state index in [2.05, 4.69) is 4.98 Å². The van der Waals surface area contributed by atoms with E-state index in [-0.39, 0.29) is 38.5 Å². The summed E-state index contributed by atoms with van der Waals surface area (Å²) >= 11 is 0. The summed E-state index contributed by atoms with van der Waals surface area (Å²) in [6.07, 6.45) is 1.22. The van der Waals surface area contributed by atoms with Gasteiger partial charge in [-0.05, 0) is 26.0 Å². The molecule has 1 heterocycles. The van der Waals surface area contributed by atoms with Gasteiger partial charge in [0.15, 0.2) is 4.99 Å². The minimum Gasteiger partial charge on any atom is -0.308 e. The van der Waals surface area contributed by atoms with Crippen LogP contribution in [-0.2, 0) is 30.2 Å². The maximum atomic E-state index is 12.6. The van der Waals surface area contributed by atoms with Crippen molar-refractivity contribution in [2.24, 2.45) is 0 Å². The van der Waals surface area contributed by atoms with Gasteiger partial charge in [-0.2, -0.15) is 8.42 Å². The number of rotatable bonds is 8. The fourth-order valence-electron chi connectivity index (χ4n) is 1.64. The van der Waals surface area contributed by atoms with Crippen molar-refractivity contribution in [1.29, 1.82) is 0 Å². The van der Waals surface area contributed by atoms with Gasteiger partial charge in [-0.15, -0.1) is 0 Å². The van der Waals surface area contributed by atoms with Crippen LogP contribution in [0.1, 0.15) is 19.5 Å². The molecule has 0 fully saturated rings. The molecule has 1 N–H and O–H groups in total. The molecule has 1 aromatic heterocycles. The molecule has 0 saturated carbocycles. The maximum absolute atomic E-state index is 12.6. The standard InChI is InChI=1S/C11H18NO6PS.Li/c1-3-17-19(13,18-4-2)11(20(14,15)16)9-10-7-5-6-8-12-10;/h5-8,11H,3-4,9H2,1-2H3,(H,14,15,16);. The van der Waals surface area contributed by atoms with Crippen LogP contribution in [0.2, 0.25) is 0 Å². The Balaban J connectivity index is 0.00000400. The topological polar surface area (TPSA) is 103 Å². The summed E-state index contributed by atoms with van der Waals surface area (Å²) in [5.41, 5.74) is 0.370. The van der Waals surface area contributed by atoms with Crippen LogP contribution in [0.4, 0.5) is 0 Å². The van der Waals surface area contributed by atoms with Gasteiger partial charge < -0.3 is 9.05 Å². The van der Waals surface area contributed by atoms with Crippen LogP contribution in [0.15, 0.2) is 24.4 Å². The number of pyridine rings is 1. The molecule has 0 spiro atoms. The second-order valence-electron chi connectivity index (χ2n) is 3.87. The fourth-order valence-corrected chi connectivity index (χ4v) is 5.23. The zero-order valence-corrected chi connectivity index (χ0v) is 14.0. The van der Waals surface area contributed by atoms with Crippen molar-refractivity contribution in [2.75, 3.05) is 13.2 Å². The Morgan fingerprint density at radius 2 is 1.86 bits per heavy atom. The van der Waals surface area contributed by atoms with Crippen LogP contribution < -0.4 is 0 Å². The first kappa shape index (κ1) is 20.8. The zero-order valence-electron chi connectivity index (χ0n) is 12.3. The van der Waals surface area contributed by atoms with Crippen LogP contribution in [0.3, 0.4) is 0 Å². The van der Waals surface area contributed by atoms with E-state index in [9.17, 15) is 17.5 Å². The predicted molar refractivity (Wildman–Crippen MR) is 79.9 cm³/mol. The first-order valence-corrected chi connectivity index (χ1v) is 9.20. The van der Waals surface area contributed by atoms with Crippen molar-refractivity contribution < 1.29 is 26.6 Å². The molecule has 115 valence electrons. The van der Waals surface area contributed by atoms with Crippen LogP contribution >= 0.6 is 7.60 Å². The Labute approximate surface area is 136 Å². The summed E-state index contributed by atoms with van der Waals surface area (Å²) in [5, 5.41) is 0. The Morgan fingerprint density at radius 1 is 1.29 bits per heavy atom. The van der Waals surface area contributed by atoms with Gasteiger partial charge in [0, 0.05) is 37.2 Å². The fraction of sp³-hybridized carbons (Fsp3) is 0.545. The van der Waals surface area contributed by atoms with E-state index >= 15 is 0 Å². The average molecular weight is 330 g/mol. The molecule has 0 bridgehead atoms. The number of hydrogen-bond acceptors (Lipinski definition) is 6. The first-order chi connectivity index (χ1) is 9.33. The maximum Gasteiger partial charge on any atom is 0.351 e. The smallest absolute Gasteiger partial charge is 0.308 e. The molecule has 0 aromatic carbocycles. The second-order valence-corrected chi connectivity index (χ2v) is 8.04. The van der Waals surface area contributed by atoms with Crippen molar-refractivity contribution in [1.82, 2.24) is 4.98 Å². The molecule has 21 heavy (non-hydrogen) atoms. The van der Waals surface area contributed by atoms with E-state index < -0.39 is 22.7 Å². The molecular formula is C11H18LiNO6PS. The molecule has 1 unspecified atom stereocenters. The minimum atomic E-state index is -4.62. The molecule has 0 saturated heterocycles. The van der Waals surface area contributed by atoms with Gasteiger partial charge in [0.2, 0.25) is 0 Å². The number of aromatic nitrogens is 1. The van der Waals surface area contributed by atoms with Crippen LogP contribution in [-0.4, -0.2) is 55.0 Å². The second kappa shape index (κ2) is 9.06. The normalized spacial score (nSPS) is 13.5. The van der Waals surface area contributed by atoms with Gasteiger partial charge in [-0.1, -0.05) is 6.07 Å². The molecule has 0 amide bonds. The van der Waals surface area contributed by atoms with Crippen molar-refractivity contribution >= 4 is 36.6 Å². The molecular weight excluding hydrogens is 312 g/mol. The summed E-state index contributed by atoms with van der Waals surface area (Å²) in [4.78, 5) is 2.27. The molecule has 1 rings (SSSR count). The van der Waals surface area contributed by atoms with E-state index in [4.69, 9.17) is 9.05 Å². The Bertz CT molecular complexity index is 557. The Kier molecular flexibility index (Phi) is 8.98. The first-order valence-electron chi connectivity index (χ1n) is 6.08. The molecule has 1 radical (unpaired) electrons. The summed E-state index contributed by atoms with van der Waals surface area (Å²) in [6, 6.07) is 4.90. The van der Waals surface area contributed by atoms with Crippen LogP contribution in [0.25, 0.3) is 0 Å². The molecule has 1 atom stereocenters. The third-order valence-corrected chi connectivity index (χ3v) is 6.98. The molecule has 0 aliphatic carbocycles. The van der Waals surface area contributed by atoms with E-state index in [1.165, 1.54) is 6.20 Å². The zero-order chi connectivity index (χ0) is 15.2. The molecule has 1 aromatic rings. The molecule has 7 nitrogen and oxygen atoms in total. The number of nitrogens with zero attached hydrogens (tertiary/aromatic N) is 1. The van der Waals surface area contributed by atoms with E-state index in [0.717, 1.165) is 0 Å². The predicted octanol–water partition coefficient (Wildman–Crippen LogP) is 1.72. The van der Waals surface area contributed by atoms with Gasteiger partial charge in [0.1, 0.15) is 0 Å². The number of hydrogen-bond donors (Lipinski definition) is 1. The van der Waals surface area contributed by atoms with E-state index in [1.54, 1.807) is 32.0 Å². The monoisotopic (exact) mass is 330 g/mol. The van der Waals surface area contributed by atoms with Crippen molar-refractivity contribution in [3.05, 3.63) is 30.1 Å². The summed E-state index contributed by atoms with van der Waals surface area (Å²) in [6.45, 7) is 3.14. The Morgan fingerprint density at radius 3 is 2.24 bits per heavy atom. The van der Waals surface area contributed by atoms with Crippen LogP contribution in [0, 0.1) is 0 Å². The van der Waals surface area contributed by atoms with Crippen molar-refractivity contribution in [2.45, 2.75) is 25.3 Å².